The molecule has 0 bridgehead atoms. The third-order valence-corrected chi connectivity index (χ3v) is 5.07. The Labute approximate surface area is 129 Å². The summed E-state index contributed by atoms with van der Waals surface area (Å²) in [6.07, 6.45) is 5.07. The summed E-state index contributed by atoms with van der Waals surface area (Å²) in [6, 6.07) is 9.91. The smallest absolute Gasteiger partial charge is 0.231 e. The molecule has 20 heavy (non-hydrogen) atoms. The topological polar surface area (TPSA) is 55.1 Å². The van der Waals surface area contributed by atoms with E-state index >= 15 is 0 Å². The van der Waals surface area contributed by atoms with Gasteiger partial charge in [-0.2, -0.15) is 0 Å². The van der Waals surface area contributed by atoms with E-state index in [-0.39, 0.29) is 5.91 Å². The molecule has 0 atom stereocenters. The van der Waals surface area contributed by atoms with Crippen molar-refractivity contribution in [3.63, 3.8) is 0 Å². The van der Waals surface area contributed by atoms with Gasteiger partial charge in [-0.05, 0) is 25.0 Å². The van der Waals surface area contributed by atoms with E-state index in [0.717, 1.165) is 30.6 Å². The first-order valence-electron chi connectivity index (χ1n) is 6.91. The van der Waals surface area contributed by atoms with Crippen LogP contribution in [0, 0.1) is 0 Å². The van der Waals surface area contributed by atoms with Crippen LogP contribution in [0.4, 0.5) is 0 Å². The summed E-state index contributed by atoms with van der Waals surface area (Å²) >= 11 is 6.71. The molecule has 0 saturated heterocycles. The van der Waals surface area contributed by atoms with Crippen LogP contribution in [0.15, 0.2) is 35.2 Å². The standard InChI is InChI=1S/C15H20N2OS2/c16-14(19)15(9-5-2-6-10-15)17-13(18)11-20-12-7-3-1-4-8-12/h1,3-4,7-8H,2,5-6,9-11H2,(H2,16,19)(H,17,18). The van der Waals surface area contributed by atoms with E-state index in [9.17, 15) is 4.79 Å². The molecule has 5 heteroatoms. The highest BCUT2D eigenvalue weighted by molar-refractivity contribution is 8.00. The first-order chi connectivity index (χ1) is 9.62. The number of hydrogen-bond donors (Lipinski definition) is 2. The number of amides is 1. The van der Waals surface area contributed by atoms with Gasteiger partial charge < -0.3 is 11.1 Å². The van der Waals surface area contributed by atoms with Crippen LogP contribution in [0.5, 0.6) is 0 Å². The fourth-order valence-corrected chi connectivity index (χ4v) is 3.53. The molecule has 2 rings (SSSR count). The lowest BCUT2D eigenvalue weighted by atomic mass is 9.81. The Bertz CT molecular complexity index is 470. The van der Waals surface area contributed by atoms with E-state index in [0.29, 0.717) is 10.7 Å². The lowest BCUT2D eigenvalue weighted by molar-refractivity contribution is -0.120. The van der Waals surface area contributed by atoms with Crippen LogP contribution in [-0.4, -0.2) is 22.2 Å². The van der Waals surface area contributed by atoms with E-state index < -0.39 is 5.54 Å². The minimum atomic E-state index is -0.456. The summed E-state index contributed by atoms with van der Waals surface area (Å²) in [4.78, 5) is 13.7. The zero-order valence-corrected chi connectivity index (χ0v) is 13.1. The normalized spacial score (nSPS) is 17.4. The van der Waals surface area contributed by atoms with E-state index in [1.165, 1.54) is 18.2 Å². The van der Waals surface area contributed by atoms with Gasteiger partial charge in [0.15, 0.2) is 0 Å². The van der Waals surface area contributed by atoms with Gasteiger partial charge in [-0.25, -0.2) is 0 Å². The molecule has 0 aromatic heterocycles. The summed E-state index contributed by atoms with van der Waals surface area (Å²) in [5.74, 6) is 0.405. The zero-order valence-electron chi connectivity index (χ0n) is 11.4. The second-order valence-corrected chi connectivity index (χ2v) is 6.65. The molecular weight excluding hydrogens is 288 g/mol. The SMILES string of the molecule is NC(=S)C1(NC(=O)CSc2ccccc2)CCCCC1. The Morgan fingerprint density at radius 1 is 1.25 bits per heavy atom. The Morgan fingerprint density at radius 3 is 2.50 bits per heavy atom. The van der Waals surface area contributed by atoms with Crippen LogP contribution >= 0.6 is 24.0 Å². The Balaban J connectivity index is 1.90. The number of benzene rings is 1. The highest BCUT2D eigenvalue weighted by atomic mass is 32.2. The van der Waals surface area contributed by atoms with Gasteiger partial charge in [0.2, 0.25) is 5.91 Å². The van der Waals surface area contributed by atoms with Gasteiger partial charge in [-0.3, -0.25) is 4.79 Å². The van der Waals surface area contributed by atoms with Crippen LogP contribution in [-0.2, 0) is 4.79 Å². The molecule has 1 aliphatic rings. The van der Waals surface area contributed by atoms with Crippen molar-refractivity contribution in [2.24, 2.45) is 5.73 Å². The molecule has 0 aliphatic heterocycles. The molecule has 1 aliphatic carbocycles. The first-order valence-corrected chi connectivity index (χ1v) is 8.30. The van der Waals surface area contributed by atoms with E-state index in [2.05, 4.69) is 5.32 Å². The van der Waals surface area contributed by atoms with Crippen molar-refractivity contribution in [1.82, 2.24) is 5.32 Å². The van der Waals surface area contributed by atoms with Crippen molar-refractivity contribution in [2.75, 3.05) is 5.75 Å². The fourth-order valence-electron chi connectivity index (χ4n) is 2.56. The predicted molar refractivity (Wildman–Crippen MR) is 87.9 cm³/mol. The zero-order chi connectivity index (χ0) is 14.4. The molecule has 3 N–H and O–H groups in total. The number of nitrogens with one attached hydrogen (secondary N) is 1. The number of rotatable bonds is 5. The van der Waals surface area contributed by atoms with Crippen LogP contribution in [0.2, 0.25) is 0 Å². The van der Waals surface area contributed by atoms with Gasteiger partial charge in [-0.1, -0.05) is 49.7 Å². The maximum absolute atomic E-state index is 12.1. The minimum absolute atomic E-state index is 0.00792. The number of thiocarbonyl (C=S) groups is 1. The summed E-state index contributed by atoms with van der Waals surface area (Å²) < 4.78 is 0. The van der Waals surface area contributed by atoms with Crippen molar-refractivity contribution in [2.45, 2.75) is 42.5 Å². The number of hydrogen-bond acceptors (Lipinski definition) is 3. The molecule has 1 aromatic rings. The monoisotopic (exact) mass is 308 g/mol. The van der Waals surface area contributed by atoms with Crippen molar-refractivity contribution in [3.05, 3.63) is 30.3 Å². The van der Waals surface area contributed by atoms with Crippen LogP contribution in [0.1, 0.15) is 32.1 Å². The molecule has 0 heterocycles. The average Bonchev–Trinajstić information content (AvgIpc) is 2.47. The Hall–Kier alpha value is -1.07. The summed E-state index contributed by atoms with van der Waals surface area (Å²) in [7, 11) is 0. The highest BCUT2D eigenvalue weighted by Crippen LogP contribution is 2.29. The Kier molecular flexibility index (Phi) is 5.43. The highest BCUT2D eigenvalue weighted by Gasteiger charge is 2.36. The van der Waals surface area contributed by atoms with Gasteiger partial charge >= 0.3 is 0 Å². The third-order valence-electron chi connectivity index (χ3n) is 3.67. The average molecular weight is 308 g/mol. The number of thioether (sulfide) groups is 1. The Morgan fingerprint density at radius 2 is 1.90 bits per heavy atom. The molecule has 1 aromatic carbocycles. The predicted octanol–water partition coefficient (Wildman–Crippen LogP) is 2.88. The van der Waals surface area contributed by atoms with E-state index in [1.807, 2.05) is 30.3 Å². The molecule has 1 saturated carbocycles. The molecule has 108 valence electrons. The molecule has 0 spiro atoms. The molecular formula is C15H20N2OS2. The summed E-state index contributed by atoms with van der Waals surface area (Å²) in [5.41, 5.74) is 5.41. The molecule has 1 amide bonds. The van der Waals surface area contributed by atoms with Crippen molar-refractivity contribution in [3.8, 4) is 0 Å². The molecule has 3 nitrogen and oxygen atoms in total. The van der Waals surface area contributed by atoms with Crippen LogP contribution in [0.3, 0.4) is 0 Å². The van der Waals surface area contributed by atoms with Crippen molar-refractivity contribution < 1.29 is 4.79 Å². The van der Waals surface area contributed by atoms with Crippen LogP contribution < -0.4 is 11.1 Å². The van der Waals surface area contributed by atoms with Crippen LogP contribution in [0.25, 0.3) is 0 Å². The molecule has 0 unspecified atom stereocenters. The van der Waals surface area contributed by atoms with Crippen molar-refractivity contribution in [1.29, 1.82) is 0 Å². The van der Waals surface area contributed by atoms with Gasteiger partial charge in [0.25, 0.3) is 0 Å². The first kappa shape index (κ1) is 15.3. The summed E-state index contributed by atoms with van der Waals surface area (Å²) in [6.45, 7) is 0. The number of nitrogens with two attached hydrogens (primary N) is 1. The maximum atomic E-state index is 12.1. The fraction of sp³-hybridized carbons (Fsp3) is 0.467. The quantitative estimate of drug-likeness (QED) is 0.649. The third kappa shape index (κ3) is 3.96. The van der Waals surface area contributed by atoms with E-state index in [1.54, 1.807) is 0 Å². The second kappa shape index (κ2) is 7.09. The second-order valence-electron chi connectivity index (χ2n) is 5.16. The van der Waals surface area contributed by atoms with Crippen molar-refractivity contribution >= 4 is 34.9 Å². The van der Waals surface area contributed by atoms with Gasteiger partial charge in [0.1, 0.15) is 0 Å². The lowest BCUT2D eigenvalue weighted by Crippen LogP contribution is -2.58. The van der Waals surface area contributed by atoms with Gasteiger partial charge in [0, 0.05) is 4.90 Å². The number of carbonyl (C=O) groups is 1. The molecule has 1 fully saturated rings. The van der Waals surface area contributed by atoms with E-state index in [4.69, 9.17) is 18.0 Å². The molecule has 0 radical (unpaired) electrons. The van der Waals surface area contributed by atoms with Gasteiger partial charge in [0.05, 0.1) is 16.3 Å². The summed E-state index contributed by atoms with van der Waals surface area (Å²) in [5, 5.41) is 3.08. The lowest BCUT2D eigenvalue weighted by Gasteiger charge is -2.37. The maximum Gasteiger partial charge on any atom is 0.231 e. The minimum Gasteiger partial charge on any atom is -0.391 e. The number of carbonyl (C=O) groups excluding carboxylic acids is 1. The largest absolute Gasteiger partial charge is 0.391 e. The van der Waals surface area contributed by atoms with Gasteiger partial charge in [-0.15, -0.1) is 11.8 Å².